The topological polar surface area (TPSA) is 223 Å². The highest BCUT2D eigenvalue weighted by Crippen LogP contribution is 2.44. The third-order valence-electron chi connectivity index (χ3n) is 7.02. The van der Waals surface area contributed by atoms with Gasteiger partial charge in [0.05, 0.1) is 6.42 Å². The number of rotatable bonds is 10. The lowest BCUT2D eigenvalue weighted by Gasteiger charge is -2.44. The van der Waals surface area contributed by atoms with Crippen LogP contribution in [0.3, 0.4) is 0 Å². The molecule has 0 spiro atoms. The van der Waals surface area contributed by atoms with Crippen LogP contribution in [0.5, 0.6) is 28.7 Å². The minimum absolute atomic E-state index is 0.0443. The predicted molar refractivity (Wildman–Crippen MR) is 162 cm³/mol. The number of ether oxygens (including phenoxy) is 9. The number of hydrogen-bond donors (Lipinski definition) is 1. The van der Waals surface area contributed by atoms with Crippen LogP contribution in [0.1, 0.15) is 70.0 Å². The molecule has 0 radical (unpaired) electrons. The number of esters is 6. The standard InChI is InChI=1S/C33H34O17/c1-14(34)42-13-28-30(45-17(4)37)31(46-18(5)38)32(47-19(6)39)33(50-28)48-21-10-22(40)29-23(41)12-25(49-27(29)11-21)20-7-8-24(43-15(2)35)26(9-20)44-16(3)36/h7-11,25,28,30-33,40H,12-13H2,1-6H3. The van der Waals surface area contributed by atoms with Crippen molar-refractivity contribution in [3.8, 4) is 28.7 Å². The van der Waals surface area contributed by atoms with Gasteiger partial charge in [-0.2, -0.15) is 0 Å². The van der Waals surface area contributed by atoms with E-state index in [9.17, 15) is 38.7 Å². The summed E-state index contributed by atoms with van der Waals surface area (Å²) in [5, 5.41) is 10.9. The van der Waals surface area contributed by atoms with Crippen molar-refractivity contribution in [1.29, 1.82) is 0 Å². The summed E-state index contributed by atoms with van der Waals surface area (Å²) in [6, 6.07) is 6.53. The van der Waals surface area contributed by atoms with Crippen LogP contribution in [0, 0.1) is 0 Å². The van der Waals surface area contributed by atoms with Gasteiger partial charge in [-0.3, -0.25) is 33.6 Å². The first-order chi connectivity index (χ1) is 23.5. The second-order valence-corrected chi connectivity index (χ2v) is 11.1. The molecule has 0 amide bonds. The molecule has 6 unspecified atom stereocenters. The van der Waals surface area contributed by atoms with Crippen molar-refractivity contribution >= 4 is 41.6 Å². The average molecular weight is 703 g/mol. The smallest absolute Gasteiger partial charge is 0.308 e. The lowest BCUT2D eigenvalue weighted by atomic mass is 9.95. The largest absolute Gasteiger partial charge is 0.507 e. The Balaban J connectivity index is 1.70. The first-order valence-corrected chi connectivity index (χ1v) is 15.1. The average Bonchev–Trinajstić information content (AvgIpc) is 2.98. The summed E-state index contributed by atoms with van der Waals surface area (Å²) in [7, 11) is 0. The molecule has 2 aromatic rings. The zero-order chi connectivity index (χ0) is 36.9. The number of benzene rings is 2. The Morgan fingerprint density at radius 3 is 1.94 bits per heavy atom. The third-order valence-corrected chi connectivity index (χ3v) is 7.02. The number of phenolic OH excluding ortho intramolecular Hbond substituents is 1. The number of hydrogen-bond acceptors (Lipinski definition) is 17. The van der Waals surface area contributed by atoms with E-state index in [1.807, 2.05) is 0 Å². The molecular formula is C33H34O17. The highest BCUT2D eigenvalue weighted by atomic mass is 16.7. The molecule has 1 N–H and O–H groups in total. The van der Waals surface area contributed by atoms with E-state index in [1.165, 1.54) is 31.2 Å². The maximum Gasteiger partial charge on any atom is 0.308 e. The van der Waals surface area contributed by atoms with Crippen molar-refractivity contribution in [3.05, 3.63) is 41.5 Å². The Hall–Kier alpha value is -5.71. The van der Waals surface area contributed by atoms with Crippen molar-refractivity contribution in [2.75, 3.05) is 6.61 Å². The van der Waals surface area contributed by atoms with E-state index in [1.54, 1.807) is 0 Å². The van der Waals surface area contributed by atoms with Crippen molar-refractivity contribution in [2.24, 2.45) is 0 Å². The van der Waals surface area contributed by atoms with Crippen molar-refractivity contribution in [3.63, 3.8) is 0 Å². The molecule has 17 heteroatoms. The molecule has 2 aromatic carbocycles. The SMILES string of the molecule is CC(=O)OCC1OC(Oc2cc(O)c3c(c2)OC(c2ccc(OC(C)=O)c(OC(C)=O)c2)CC3=O)C(OC(C)=O)C(OC(C)=O)C1OC(C)=O. The number of carbonyl (C=O) groups excluding carboxylic acids is 7. The quantitative estimate of drug-likeness (QED) is 0.213. The Labute approximate surface area is 284 Å². The molecule has 17 nitrogen and oxygen atoms in total. The first-order valence-electron chi connectivity index (χ1n) is 15.1. The van der Waals surface area contributed by atoms with Gasteiger partial charge in [-0.1, -0.05) is 6.07 Å². The van der Waals surface area contributed by atoms with Gasteiger partial charge in [0.25, 0.3) is 0 Å². The fraction of sp³-hybridized carbons (Fsp3) is 0.424. The van der Waals surface area contributed by atoms with E-state index in [2.05, 4.69) is 0 Å². The molecule has 1 saturated heterocycles. The molecule has 0 aliphatic carbocycles. The van der Waals surface area contributed by atoms with Gasteiger partial charge in [0.1, 0.15) is 41.6 Å². The molecule has 50 heavy (non-hydrogen) atoms. The monoisotopic (exact) mass is 702 g/mol. The fourth-order valence-corrected chi connectivity index (χ4v) is 5.29. The molecule has 2 heterocycles. The summed E-state index contributed by atoms with van der Waals surface area (Å²) in [5.41, 5.74) is 0.174. The highest BCUT2D eigenvalue weighted by molar-refractivity contribution is 6.02. The van der Waals surface area contributed by atoms with Crippen LogP contribution < -0.4 is 18.9 Å². The van der Waals surface area contributed by atoms with Crippen LogP contribution in [-0.4, -0.2) is 84.0 Å². The molecule has 4 rings (SSSR count). The summed E-state index contributed by atoms with van der Waals surface area (Å²) in [6.45, 7) is 6.14. The highest BCUT2D eigenvalue weighted by Gasteiger charge is 2.53. The zero-order valence-electron chi connectivity index (χ0n) is 27.7. The first kappa shape index (κ1) is 37.1. The van der Waals surface area contributed by atoms with E-state index in [0.29, 0.717) is 5.56 Å². The fourth-order valence-electron chi connectivity index (χ4n) is 5.29. The van der Waals surface area contributed by atoms with Crippen molar-refractivity contribution in [2.45, 2.75) is 84.8 Å². The van der Waals surface area contributed by atoms with Crippen LogP contribution in [0.25, 0.3) is 0 Å². The number of Topliss-reactive ketones (excluding diaryl/α,β-unsaturated/α-hetero) is 1. The number of fused-ring (bicyclic) bond motifs is 1. The van der Waals surface area contributed by atoms with Gasteiger partial charge in [-0.25, -0.2) is 0 Å². The normalized spacial score (nSPS) is 22.5. The number of carbonyl (C=O) groups is 7. The molecule has 6 atom stereocenters. The molecular weight excluding hydrogens is 668 g/mol. The Kier molecular flexibility index (Phi) is 11.6. The maximum atomic E-state index is 13.2. The lowest BCUT2D eigenvalue weighted by Crippen LogP contribution is -2.63. The van der Waals surface area contributed by atoms with Crippen LogP contribution in [0.4, 0.5) is 0 Å². The molecule has 2 aliphatic rings. The minimum atomic E-state index is -1.64. The van der Waals surface area contributed by atoms with Gasteiger partial charge in [-0.15, -0.1) is 0 Å². The predicted octanol–water partition coefficient (Wildman–Crippen LogP) is 2.41. The van der Waals surface area contributed by atoms with Gasteiger partial charge in [0.2, 0.25) is 12.4 Å². The van der Waals surface area contributed by atoms with E-state index in [-0.39, 0.29) is 35.0 Å². The van der Waals surface area contributed by atoms with Crippen LogP contribution >= 0.6 is 0 Å². The van der Waals surface area contributed by atoms with Crippen LogP contribution in [0.2, 0.25) is 0 Å². The summed E-state index contributed by atoms with van der Waals surface area (Å²) in [4.78, 5) is 84.4. The maximum absolute atomic E-state index is 13.2. The van der Waals surface area contributed by atoms with Gasteiger partial charge in [-0.05, 0) is 17.7 Å². The number of aromatic hydroxyl groups is 1. The number of phenols is 1. The van der Waals surface area contributed by atoms with E-state index >= 15 is 0 Å². The minimum Gasteiger partial charge on any atom is -0.507 e. The summed E-state index contributed by atoms with van der Waals surface area (Å²) < 4.78 is 49.5. The summed E-state index contributed by atoms with van der Waals surface area (Å²) in [5.74, 6) is -6.13. The Bertz CT molecular complexity index is 1700. The van der Waals surface area contributed by atoms with Crippen molar-refractivity contribution in [1.82, 2.24) is 0 Å². The van der Waals surface area contributed by atoms with E-state index in [4.69, 9.17) is 42.6 Å². The summed E-state index contributed by atoms with van der Waals surface area (Å²) >= 11 is 0. The third kappa shape index (κ3) is 9.25. The van der Waals surface area contributed by atoms with Crippen LogP contribution in [0.15, 0.2) is 30.3 Å². The second kappa shape index (κ2) is 15.7. The zero-order valence-corrected chi connectivity index (χ0v) is 27.7. The lowest BCUT2D eigenvalue weighted by molar-refractivity contribution is -0.288. The van der Waals surface area contributed by atoms with Gasteiger partial charge in [0.15, 0.2) is 29.5 Å². The number of ketones is 1. The molecule has 2 aliphatic heterocycles. The van der Waals surface area contributed by atoms with Crippen LogP contribution in [-0.2, 0) is 52.5 Å². The molecule has 268 valence electrons. The van der Waals surface area contributed by atoms with Gasteiger partial charge < -0.3 is 47.7 Å². The van der Waals surface area contributed by atoms with Gasteiger partial charge in [0, 0.05) is 53.7 Å². The molecule has 0 bridgehead atoms. The molecule has 1 fully saturated rings. The van der Waals surface area contributed by atoms with Gasteiger partial charge >= 0.3 is 35.8 Å². The van der Waals surface area contributed by atoms with Crippen molar-refractivity contribution < 1.29 is 81.3 Å². The second-order valence-electron chi connectivity index (χ2n) is 11.1. The Morgan fingerprint density at radius 1 is 0.740 bits per heavy atom. The Morgan fingerprint density at radius 2 is 1.34 bits per heavy atom. The van der Waals surface area contributed by atoms with E-state index < -0.39 is 90.8 Å². The van der Waals surface area contributed by atoms with E-state index in [0.717, 1.165) is 40.7 Å². The summed E-state index contributed by atoms with van der Waals surface area (Å²) in [6.07, 6.45) is -8.68. The molecule has 0 saturated carbocycles. The molecule has 0 aromatic heterocycles.